The number of nitrogens with one attached hydrogen (secondary N) is 1. The molecule has 0 amide bonds. The van der Waals surface area contributed by atoms with Crippen molar-refractivity contribution in [3.05, 3.63) is 29.8 Å². The predicted molar refractivity (Wildman–Crippen MR) is 76.3 cm³/mol. The van der Waals surface area contributed by atoms with Crippen LogP contribution in [0.2, 0.25) is 0 Å². The Morgan fingerprint density at radius 1 is 1.32 bits per heavy atom. The highest BCUT2D eigenvalue weighted by Crippen LogP contribution is 2.33. The van der Waals surface area contributed by atoms with E-state index in [1.165, 1.54) is 5.56 Å². The van der Waals surface area contributed by atoms with E-state index in [1.54, 1.807) is 7.11 Å². The largest absolute Gasteiger partial charge is 0.497 e. The number of benzene rings is 1. The molecule has 0 bridgehead atoms. The lowest BCUT2D eigenvalue weighted by molar-refractivity contribution is -0.123. The summed E-state index contributed by atoms with van der Waals surface area (Å²) in [6.45, 7) is 5.19. The maximum absolute atomic E-state index is 11.5. The van der Waals surface area contributed by atoms with Gasteiger partial charge in [0.15, 0.2) is 0 Å². The Labute approximate surface area is 115 Å². The van der Waals surface area contributed by atoms with Crippen molar-refractivity contribution in [2.24, 2.45) is 5.41 Å². The molecular formula is C16H23NO2. The number of ether oxygens (including phenoxy) is 1. The fraction of sp³-hybridized carbons (Fsp3) is 0.562. The zero-order valence-corrected chi connectivity index (χ0v) is 12.0. The highest BCUT2D eigenvalue weighted by Gasteiger charge is 2.35. The van der Waals surface area contributed by atoms with Gasteiger partial charge in [-0.05, 0) is 29.5 Å². The Balaban J connectivity index is 1.92. The van der Waals surface area contributed by atoms with Gasteiger partial charge in [0.25, 0.3) is 0 Å². The van der Waals surface area contributed by atoms with Gasteiger partial charge in [0.1, 0.15) is 11.5 Å². The number of hydrogen-bond acceptors (Lipinski definition) is 3. The van der Waals surface area contributed by atoms with Gasteiger partial charge < -0.3 is 10.1 Å². The number of carbonyl (C=O) groups is 1. The molecule has 1 aliphatic carbocycles. The topological polar surface area (TPSA) is 38.3 Å². The van der Waals surface area contributed by atoms with Gasteiger partial charge in [0.05, 0.1) is 7.11 Å². The van der Waals surface area contributed by atoms with Crippen molar-refractivity contribution in [2.75, 3.05) is 7.11 Å². The van der Waals surface area contributed by atoms with Gasteiger partial charge in [-0.25, -0.2) is 0 Å². The molecule has 1 fully saturated rings. The second-order valence-electron chi connectivity index (χ2n) is 6.02. The van der Waals surface area contributed by atoms with E-state index in [4.69, 9.17) is 4.74 Å². The van der Waals surface area contributed by atoms with Crippen LogP contribution in [-0.4, -0.2) is 18.9 Å². The van der Waals surface area contributed by atoms with Crippen molar-refractivity contribution in [1.82, 2.24) is 5.32 Å². The molecule has 0 heterocycles. The molecule has 0 aliphatic heterocycles. The highest BCUT2D eigenvalue weighted by molar-refractivity contribution is 5.80. The van der Waals surface area contributed by atoms with Crippen LogP contribution in [0.1, 0.15) is 38.7 Å². The third kappa shape index (κ3) is 3.57. The summed E-state index contributed by atoms with van der Waals surface area (Å²) in [7, 11) is 1.68. The van der Waals surface area contributed by atoms with Gasteiger partial charge in [-0.3, -0.25) is 4.79 Å². The van der Waals surface area contributed by atoms with Crippen LogP contribution in [0.4, 0.5) is 0 Å². The summed E-state index contributed by atoms with van der Waals surface area (Å²) in [5, 5.41) is 3.59. The van der Waals surface area contributed by atoms with Crippen LogP contribution >= 0.6 is 0 Å². The van der Waals surface area contributed by atoms with Gasteiger partial charge in [0.2, 0.25) is 0 Å². The summed E-state index contributed by atoms with van der Waals surface area (Å²) < 4.78 is 5.15. The molecule has 1 atom stereocenters. The van der Waals surface area contributed by atoms with Crippen molar-refractivity contribution in [2.45, 2.75) is 45.7 Å². The molecule has 1 N–H and O–H groups in total. The Hall–Kier alpha value is -1.35. The predicted octanol–water partition coefficient (Wildman–Crippen LogP) is 2.93. The SMILES string of the molecule is COc1ccc(CNC2CCC(=O)CC2(C)C)cc1. The van der Waals surface area contributed by atoms with E-state index < -0.39 is 0 Å². The minimum atomic E-state index is 0.0573. The van der Waals surface area contributed by atoms with Crippen LogP contribution < -0.4 is 10.1 Å². The zero-order valence-electron chi connectivity index (χ0n) is 12.0. The first-order chi connectivity index (χ1) is 9.01. The smallest absolute Gasteiger partial charge is 0.133 e. The number of ketones is 1. The average Bonchev–Trinajstić information content (AvgIpc) is 2.37. The summed E-state index contributed by atoms with van der Waals surface area (Å²) in [5.41, 5.74) is 1.30. The fourth-order valence-corrected chi connectivity index (χ4v) is 2.78. The molecule has 1 saturated carbocycles. The van der Waals surface area contributed by atoms with E-state index >= 15 is 0 Å². The summed E-state index contributed by atoms with van der Waals surface area (Å²) in [4.78, 5) is 11.5. The number of hydrogen-bond donors (Lipinski definition) is 1. The van der Waals surface area contributed by atoms with Gasteiger partial charge in [-0.2, -0.15) is 0 Å². The molecule has 0 saturated heterocycles. The number of rotatable bonds is 4. The van der Waals surface area contributed by atoms with E-state index in [2.05, 4.69) is 31.3 Å². The van der Waals surface area contributed by atoms with Crippen molar-refractivity contribution in [3.8, 4) is 5.75 Å². The monoisotopic (exact) mass is 261 g/mol. The third-order valence-corrected chi connectivity index (χ3v) is 4.02. The molecule has 1 aliphatic rings. The van der Waals surface area contributed by atoms with Crippen LogP contribution in [0, 0.1) is 5.41 Å². The molecule has 2 rings (SSSR count). The second kappa shape index (κ2) is 5.74. The Morgan fingerprint density at radius 3 is 2.58 bits per heavy atom. The van der Waals surface area contributed by atoms with E-state index in [9.17, 15) is 4.79 Å². The molecule has 0 radical (unpaired) electrons. The van der Waals surface area contributed by atoms with Gasteiger partial charge in [-0.1, -0.05) is 26.0 Å². The molecule has 0 aromatic heterocycles. The van der Waals surface area contributed by atoms with Gasteiger partial charge in [-0.15, -0.1) is 0 Å². The maximum atomic E-state index is 11.5. The van der Waals surface area contributed by atoms with E-state index in [1.807, 2.05) is 12.1 Å². The van der Waals surface area contributed by atoms with E-state index in [-0.39, 0.29) is 5.41 Å². The first kappa shape index (κ1) is 14.1. The molecule has 19 heavy (non-hydrogen) atoms. The first-order valence-electron chi connectivity index (χ1n) is 6.89. The number of methoxy groups -OCH3 is 1. The molecule has 3 heteroatoms. The fourth-order valence-electron chi connectivity index (χ4n) is 2.78. The Bertz CT molecular complexity index is 437. The van der Waals surface area contributed by atoms with Crippen LogP contribution in [0.3, 0.4) is 0 Å². The highest BCUT2D eigenvalue weighted by atomic mass is 16.5. The van der Waals surface area contributed by atoms with Crippen LogP contribution in [0.25, 0.3) is 0 Å². The summed E-state index contributed by atoms with van der Waals surface area (Å²) >= 11 is 0. The minimum absolute atomic E-state index is 0.0573. The standard InChI is InChI=1S/C16H23NO2/c1-16(2)10-13(18)6-9-15(16)17-11-12-4-7-14(19-3)8-5-12/h4-5,7-8,15,17H,6,9-11H2,1-3H3. The van der Waals surface area contributed by atoms with Crippen LogP contribution in [0.5, 0.6) is 5.75 Å². The van der Waals surface area contributed by atoms with Crippen LogP contribution in [-0.2, 0) is 11.3 Å². The van der Waals surface area contributed by atoms with Crippen molar-refractivity contribution in [3.63, 3.8) is 0 Å². The summed E-state index contributed by atoms with van der Waals surface area (Å²) in [6, 6.07) is 8.52. The molecule has 1 unspecified atom stereocenters. The lowest BCUT2D eigenvalue weighted by atomic mass is 9.72. The molecule has 0 spiro atoms. The summed E-state index contributed by atoms with van der Waals surface area (Å²) in [6.07, 6.45) is 2.35. The molecule has 1 aromatic rings. The maximum Gasteiger partial charge on any atom is 0.133 e. The quantitative estimate of drug-likeness (QED) is 0.905. The van der Waals surface area contributed by atoms with Gasteiger partial charge >= 0.3 is 0 Å². The number of Topliss-reactive ketones (excluding diaryl/α,β-unsaturated/α-hetero) is 1. The molecular weight excluding hydrogens is 238 g/mol. The Morgan fingerprint density at radius 2 is 2.00 bits per heavy atom. The molecule has 3 nitrogen and oxygen atoms in total. The molecule has 104 valence electrons. The number of carbonyl (C=O) groups excluding carboxylic acids is 1. The zero-order chi connectivity index (χ0) is 13.9. The Kier molecular flexibility index (Phi) is 4.25. The molecule has 1 aromatic carbocycles. The van der Waals surface area contributed by atoms with Crippen molar-refractivity contribution in [1.29, 1.82) is 0 Å². The average molecular weight is 261 g/mol. The second-order valence-corrected chi connectivity index (χ2v) is 6.02. The van der Waals surface area contributed by atoms with E-state index in [0.29, 0.717) is 24.7 Å². The first-order valence-corrected chi connectivity index (χ1v) is 6.89. The van der Waals surface area contributed by atoms with Crippen molar-refractivity contribution < 1.29 is 9.53 Å². The normalized spacial score (nSPS) is 22.3. The lowest BCUT2D eigenvalue weighted by Crippen LogP contribution is -2.46. The summed E-state index contributed by atoms with van der Waals surface area (Å²) in [5.74, 6) is 1.28. The third-order valence-electron chi connectivity index (χ3n) is 4.02. The van der Waals surface area contributed by atoms with Crippen molar-refractivity contribution >= 4 is 5.78 Å². The van der Waals surface area contributed by atoms with Crippen LogP contribution in [0.15, 0.2) is 24.3 Å². The van der Waals surface area contributed by atoms with E-state index in [0.717, 1.165) is 18.7 Å². The minimum Gasteiger partial charge on any atom is -0.497 e. The lowest BCUT2D eigenvalue weighted by Gasteiger charge is -2.38. The van der Waals surface area contributed by atoms with Gasteiger partial charge in [0, 0.05) is 25.4 Å².